The third kappa shape index (κ3) is 3.63. The Morgan fingerprint density at radius 1 is 1.05 bits per heavy atom. The Kier molecular flexibility index (Phi) is 4.88. The molecule has 0 unspecified atom stereocenters. The molecule has 4 heteroatoms. The van der Waals surface area contributed by atoms with Gasteiger partial charge in [-0.15, -0.1) is 0 Å². The van der Waals surface area contributed by atoms with Gasteiger partial charge in [-0.3, -0.25) is 0 Å². The Morgan fingerprint density at radius 3 is 2.52 bits per heavy atom. The van der Waals surface area contributed by atoms with Gasteiger partial charge in [0.15, 0.2) is 0 Å². The molecule has 3 rings (SSSR count). The van der Waals surface area contributed by atoms with Crippen LogP contribution in [0.25, 0.3) is 0 Å². The number of anilines is 1. The van der Waals surface area contributed by atoms with Crippen LogP contribution in [0.5, 0.6) is 0 Å². The highest BCUT2D eigenvalue weighted by Crippen LogP contribution is 2.29. The predicted octanol–water partition coefficient (Wildman–Crippen LogP) is 3.59. The first-order valence-electron chi connectivity index (χ1n) is 7.76. The summed E-state index contributed by atoms with van der Waals surface area (Å²) in [5.41, 5.74) is 3.85. The van der Waals surface area contributed by atoms with Gasteiger partial charge in [-0.05, 0) is 37.8 Å². The van der Waals surface area contributed by atoms with Gasteiger partial charge in [0.25, 0.3) is 0 Å². The van der Waals surface area contributed by atoms with E-state index in [2.05, 4.69) is 22.3 Å². The van der Waals surface area contributed by atoms with E-state index in [9.17, 15) is 0 Å². The van der Waals surface area contributed by atoms with Gasteiger partial charge in [-0.2, -0.15) is 0 Å². The minimum Gasteiger partial charge on any atom is -0.378 e. The molecule has 1 fully saturated rings. The monoisotopic (exact) mass is 302 g/mol. The van der Waals surface area contributed by atoms with Crippen LogP contribution in [0.1, 0.15) is 25.7 Å². The van der Waals surface area contributed by atoms with Crippen LogP contribution in [0, 0.1) is 0 Å². The summed E-state index contributed by atoms with van der Waals surface area (Å²) in [5.74, 6) is 0. The van der Waals surface area contributed by atoms with Gasteiger partial charge in [0.1, 0.15) is 4.99 Å². The van der Waals surface area contributed by atoms with Gasteiger partial charge in [0.05, 0.1) is 13.2 Å². The highest BCUT2D eigenvalue weighted by atomic mass is 32.1. The molecule has 21 heavy (non-hydrogen) atoms. The second kappa shape index (κ2) is 7.05. The minimum atomic E-state index is 0.829. The molecule has 0 saturated carbocycles. The number of hydrogen-bond acceptors (Lipinski definition) is 3. The summed E-state index contributed by atoms with van der Waals surface area (Å²) in [6, 6.07) is 10.2. The summed E-state index contributed by atoms with van der Waals surface area (Å²) in [5, 5.41) is 3.40. The van der Waals surface area contributed by atoms with Crippen molar-refractivity contribution in [2.24, 2.45) is 0 Å². The van der Waals surface area contributed by atoms with Gasteiger partial charge >= 0.3 is 0 Å². The molecule has 0 bridgehead atoms. The Hall–Kier alpha value is -1.39. The smallest absolute Gasteiger partial charge is 0.108 e. The van der Waals surface area contributed by atoms with Crippen molar-refractivity contribution in [1.82, 2.24) is 4.90 Å². The highest BCUT2D eigenvalue weighted by molar-refractivity contribution is 7.81. The number of morpholine rings is 1. The number of para-hydroxylation sites is 1. The summed E-state index contributed by atoms with van der Waals surface area (Å²) >= 11 is 5.68. The number of allylic oxidation sites excluding steroid dienone is 1. The van der Waals surface area contributed by atoms with Crippen molar-refractivity contribution < 1.29 is 4.74 Å². The lowest BCUT2D eigenvalue weighted by Crippen LogP contribution is -2.37. The van der Waals surface area contributed by atoms with Gasteiger partial charge in [0, 0.05) is 30.0 Å². The van der Waals surface area contributed by atoms with E-state index in [-0.39, 0.29) is 0 Å². The van der Waals surface area contributed by atoms with Crippen LogP contribution < -0.4 is 5.32 Å². The maximum absolute atomic E-state index is 5.68. The van der Waals surface area contributed by atoms with Crippen LogP contribution in [0.2, 0.25) is 0 Å². The van der Waals surface area contributed by atoms with Crippen LogP contribution in [0.3, 0.4) is 0 Å². The maximum Gasteiger partial charge on any atom is 0.108 e. The zero-order chi connectivity index (χ0) is 14.5. The molecule has 1 saturated heterocycles. The molecule has 1 aromatic rings. The van der Waals surface area contributed by atoms with E-state index in [1.807, 2.05) is 18.2 Å². The zero-order valence-corrected chi connectivity index (χ0v) is 13.1. The summed E-state index contributed by atoms with van der Waals surface area (Å²) in [6.07, 6.45) is 4.74. The molecule has 2 aliphatic rings. The third-order valence-corrected chi connectivity index (χ3v) is 4.49. The quantitative estimate of drug-likeness (QED) is 0.863. The standard InChI is InChI=1S/C17H22N2OS/c21-17(18-14-6-2-1-3-7-14)15-8-4-5-9-16(15)19-10-12-20-13-11-19/h1-3,6-7H,4-5,8-13H2,(H,18,21). The Balaban J connectivity index is 1.78. The number of nitrogens with zero attached hydrogens (tertiary/aromatic N) is 1. The van der Waals surface area contributed by atoms with Crippen molar-refractivity contribution in [3.63, 3.8) is 0 Å². The fourth-order valence-electron chi connectivity index (χ4n) is 3.04. The van der Waals surface area contributed by atoms with Crippen molar-refractivity contribution in [3.05, 3.63) is 41.6 Å². The number of thiocarbonyl (C=S) groups is 1. The molecule has 0 amide bonds. The van der Waals surface area contributed by atoms with Crippen molar-refractivity contribution in [2.45, 2.75) is 25.7 Å². The van der Waals surface area contributed by atoms with Crippen LogP contribution >= 0.6 is 12.2 Å². The van der Waals surface area contributed by atoms with Crippen molar-refractivity contribution in [2.75, 3.05) is 31.6 Å². The van der Waals surface area contributed by atoms with E-state index in [1.165, 1.54) is 24.1 Å². The van der Waals surface area contributed by atoms with Crippen molar-refractivity contribution in [1.29, 1.82) is 0 Å². The van der Waals surface area contributed by atoms with Crippen LogP contribution in [0.4, 0.5) is 5.69 Å². The minimum absolute atomic E-state index is 0.829. The zero-order valence-electron chi connectivity index (χ0n) is 12.3. The van der Waals surface area contributed by atoms with Gasteiger partial charge in [-0.25, -0.2) is 0 Å². The second-order valence-electron chi connectivity index (χ2n) is 5.55. The van der Waals surface area contributed by atoms with Gasteiger partial charge in [0.2, 0.25) is 0 Å². The molecule has 0 atom stereocenters. The molecular weight excluding hydrogens is 280 g/mol. The number of hydrogen-bond donors (Lipinski definition) is 1. The molecule has 1 aromatic carbocycles. The topological polar surface area (TPSA) is 24.5 Å². The van der Waals surface area contributed by atoms with E-state index < -0.39 is 0 Å². The van der Waals surface area contributed by atoms with Crippen molar-refractivity contribution in [3.8, 4) is 0 Å². The van der Waals surface area contributed by atoms with E-state index in [1.54, 1.807) is 0 Å². The lowest BCUT2D eigenvalue weighted by molar-refractivity contribution is 0.0510. The summed E-state index contributed by atoms with van der Waals surface area (Å²) in [6.45, 7) is 3.64. The average molecular weight is 302 g/mol. The van der Waals surface area contributed by atoms with E-state index in [4.69, 9.17) is 17.0 Å². The predicted molar refractivity (Wildman–Crippen MR) is 90.5 cm³/mol. The van der Waals surface area contributed by atoms with Crippen molar-refractivity contribution >= 4 is 22.9 Å². The molecule has 1 heterocycles. The van der Waals surface area contributed by atoms with Crippen LogP contribution in [0.15, 0.2) is 41.6 Å². The first kappa shape index (κ1) is 14.5. The first-order chi connectivity index (χ1) is 10.3. The number of rotatable bonds is 3. The van der Waals surface area contributed by atoms with E-state index in [0.29, 0.717) is 0 Å². The van der Waals surface area contributed by atoms with Crippen LogP contribution in [-0.2, 0) is 4.74 Å². The number of nitrogens with one attached hydrogen (secondary N) is 1. The lowest BCUT2D eigenvalue weighted by Gasteiger charge is -2.35. The first-order valence-corrected chi connectivity index (χ1v) is 8.16. The Morgan fingerprint density at radius 2 is 1.76 bits per heavy atom. The maximum atomic E-state index is 5.68. The number of ether oxygens (including phenoxy) is 1. The molecular formula is C17H22N2OS. The fourth-order valence-corrected chi connectivity index (χ4v) is 3.38. The lowest BCUT2D eigenvalue weighted by atomic mass is 9.94. The second-order valence-corrected chi connectivity index (χ2v) is 5.96. The third-order valence-electron chi connectivity index (χ3n) is 4.14. The molecule has 3 nitrogen and oxygen atoms in total. The Labute approximate surface area is 132 Å². The summed E-state index contributed by atoms with van der Waals surface area (Å²) < 4.78 is 5.47. The molecule has 1 aliphatic heterocycles. The fraction of sp³-hybridized carbons (Fsp3) is 0.471. The largest absolute Gasteiger partial charge is 0.378 e. The van der Waals surface area contributed by atoms with E-state index >= 15 is 0 Å². The molecule has 1 N–H and O–H groups in total. The summed E-state index contributed by atoms with van der Waals surface area (Å²) in [7, 11) is 0. The number of benzene rings is 1. The molecule has 0 spiro atoms. The molecule has 112 valence electrons. The molecule has 0 aromatic heterocycles. The Bertz CT molecular complexity index is 521. The molecule has 0 radical (unpaired) electrons. The summed E-state index contributed by atoms with van der Waals surface area (Å²) in [4.78, 5) is 3.36. The average Bonchev–Trinajstić information content (AvgIpc) is 2.56. The SMILES string of the molecule is S=C(Nc1ccccc1)C1=C(N2CCOCC2)CCCC1. The highest BCUT2D eigenvalue weighted by Gasteiger charge is 2.22. The molecule has 1 aliphatic carbocycles. The van der Waals surface area contributed by atoms with Gasteiger partial charge in [-0.1, -0.05) is 30.4 Å². The van der Waals surface area contributed by atoms with E-state index in [0.717, 1.165) is 49.8 Å². The van der Waals surface area contributed by atoms with Gasteiger partial charge < -0.3 is 15.0 Å². The normalized spacial score (nSPS) is 19.5. The van der Waals surface area contributed by atoms with Crippen LogP contribution in [-0.4, -0.2) is 36.2 Å².